The van der Waals surface area contributed by atoms with Gasteiger partial charge >= 0.3 is 6.03 Å². The smallest absolute Gasteiger partial charge is 0.317 e. The van der Waals surface area contributed by atoms with Crippen molar-refractivity contribution >= 4 is 6.03 Å². The number of hydrogen-bond acceptors (Lipinski definition) is 4. The molecule has 0 radical (unpaired) electrons. The Hall–Kier alpha value is -1.79. The Bertz CT molecular complexity index is 504. The lowest BCUT2D eigenvalue weighted by molar-refractivity contribution is 0.0790. The molecule has 0 spiro atoms. The standard InChI is InChI=1S/C18H28N2O4/c1-2-23-11-6-10-19-18(22)20(14-16-8-5-12-24-16)13-15-7-3-4-9-17(15)21/h3-4,7,9,16,21H,2,5-6,8,10-14H2,1H3,(H,19,22). The minimum Gasteiger partial charge on any atom is -0.508 e. The number of nitrogens with one attached hydrogen (secondary N) is 1. The molecule has 1 aromatic carbocycles. The number of carbonyl (C=O) groups is 1. The highest BCUT2D eigenvalue weighted by Crippen LogP contribution is 2.20. The molecule has 2 rings (SSSR count). The maximum atomic E-state index is 12.5. The van der Waals surface area contributed by atoms with Gasteiger partial charge in [-0.25, -0.2) is 4.79 Å². The monoisotopic (exact) mass is 336 g/mol. The molecule has 1 saturated heterocycles. The van der Waals surface area contributed by atoms with Crippen LogP contribution in [-0.4, -0.2) is 55.1 Å². The number of phenolic OH excluding ortho intramolecular Hbond substituents is 1. The highest BCUT2D eigenvalue weighted by Gasteiger charge is 2.23. The predicted molar refractivity (Wildman–Crippen MR) is 92.0 cm³/mol. The maximum Gasteiger partial charge on any atom is 0.317 e. The molecule has 0 bridgehead atoms. The third-order valence-corrected chi connectivity index (χ3v) is 4.03. The quantitative estimate of drug-likeness (QED) is 0.680. The van der Waals surface area contributed by atoms with Crippen molar-refractivity contribution in [3.63, 3.8) is 0 Å². The summed E-state index contributed by atoms with van der Waals surface area (Å²) in [6.45, 7) is 5.50. The minimum absolute atomic E-state index is 0.0741. The molecule has 1 aliphatic heterocycles. The zero-order chi connectivity index (χ0) is 17.2. The molecule has 6 heteroatoms. The Labute approximate surface area is 143 Å². The Morgan fingerprint density at radius 2 is 2.29 bits per heavy atom. The molecule has 2 amide bonds. The van der Waals surface area contributed by atoms with Gasteiger partial charge in [0.15, 0.2) is 0 Å². The van der Waals surface area contributed by atoms with Crippen LogP contribution in [0.1, 0.15) is 31.7 Å². The summed E-state index contributed by atoms with van der Waals surface area (Å²) in [6, 6.07) is 6.97. The Morgan fingerprint density at radius 1 is 1.46 bits per heavy atom. The number of para-hydroxylation sites is 1. The number of hydrogen-bond donors (Lipinski definition) is 2. The summed E-state index contributed by atoms with van der Waals surface area (Å²) < 4.78 is 10.9. The minimum atomic E-state index is -0.134. The third kappa shape index (κ3) is 6.02. The molecular formula is C18H28N2O4. The van der Waals surface area contributed by atoms with E-state index in [1.165, 1.54) is 0 Å². The van der Waals surface area contributed by atoms with Crippen molar-refractivity contribution in [2.24, 2.45) is 0 Å². The Kier molecular flexibility index (Phi) is 7.85. The zero-order valence-corrected chi connectivity index (χ0v) is 14.4. The normalized spacial score (nSPS) is 17.0. The van der Waals surface area contributed by atoms with Gasteiger partial charge in [-0.2, -0.15) is 0 Å². The summed E-state index contributed by atoms with van der Waals surface area (Å²) in [5, 5.41) is 12.9. The van der Waals surface area contributed by atoms with E-state index in [9.17, 15) is 9.90 Å². The highest BCUT2D eigenvalue weighted by molar-refractivity contribution is 5.74. The second-order valence-electron chi connectivity index (χ2n) is 5.93. The molecule has 0 aliphatic carbocycles. The molecule has 1 aromatic rings. The molecule has 1 unspecified atom stereocenters. The van der Waals surface area contributed by atoms with Crippen molar-refractivity contribution in [1.29, 1.82) is 0 Å². The van der Waals surface area contributed by atoms with Crippen molar-refractivity contribution < 1.29 is 19.4 Å². The summed E-state index contributed by atoms with van der Waals surface area (Å²) >= 11 is 0. The fraction of sp³-hybridized carbons (Fsp3) is 0.611. The average Bonchev–Trinajstić information content (AvgIpc) is 3.09. The second-order valence-corrected chi connectivity index (χ2v) is 5.93. The molecule has 1 atom stereocenters. The second kappa shape index (κ2) is 10.2. The summed E-state index contributed by atoms with van der Waals surface area (Å²) in [7, 11) is 0. The molecule has 134 valence electrons. The van der Waals surface area contributed by atoms with Crippen LogP contribution in [0, 0.1) is 0 Å². The molecule has 0 aromatic heterocycles. The van der Waals surface area contributed by atoms with Crippen molar-refractivity contribution in [3.8, 4) is 5.75 Å². The van der Waals surface area contributed by atoms with E-state index in [2.05, 4.69) is 5.32 Å². The van der Waals surface area contributed by atoms with Crippen LogP contribution in [0.2, 0.25) is 0 Å². The van der Waals surface area contributed by atoms with Crippen LogP contribution < -0.4 is 5.32 Å². The number of nitrogens with zero attached hydrogens (tertiary/aromatic N) is 1. The first-order valence-electron chi connectivity index (χ1n) is 8.69. The first-order chi connectivity index (χ1) is 11.7. The molecule has 1 heterocycles. The number of urea groups is 1. The van der Waals surface area contributed by atoms with Crippen LogP contribution in [0.4, 0.5) is 4.79 Å². The Morgan fingerprint density at radius 3 is 3.00 bits per heavy atom. The van der Waals surface area contributed by atoms with Crippen molar-refractivity contribution in [2.75, 3.05) is 32.9 Å². The van der Waals surface area contributed by atoms with Gasteiger partial charge in [0.25, 0.3) is 0 Å². The Balaban J connectivity index is 1.91. The number of ether oxygens (including phenoxy) is 2. The molecule has 1 fully saturated rings. The van der Waals surface area contributed by atoms with E-state index in [0.29, 0.717) is 32.8 Å². The number of benzene rings is 1. The van der Waals surface area contributed by atoms with Gasteiger partial charge in [0.2, 0.25) is 0 Å². The van der Waals surface area contributed by atoms with Gasteiger partial charge in [0.05, 0.1) is 12.6 Å². The van der Waals surface area contributed by atoms with Crippen LogP contribution in [0.25, 0.3) is 0 Å². The van der Waals surface area contributed by atoms with E-state index in [1.54, 1.807) is 17.0 Å². The predicted octanol–water partition coefficient (Wildman–Crippen LogP) is 2.51. The fourth-order valence-corrected chi connectivity index (χ4v) is 2.73. The molecule has 6 nitrogen and oxygen atoms in total. The number of aromatic hydroxyl groups is 1. The van der Waals surface area contributed by atoms with Gasteiger partial charge in [0.1, 0.15) is 5.75 Å². The third-order valence-electron chi connectivity index (χ3n) is 4.03. The average molecular weight is 336 g/mol. The van der Waals surface area contributed by atoms with Gasteiger partial charge in [-0.3, -0.25) is 0 Å². The molecule has 2 N–H and O–H groups in total. The fourth-order valence-electron chi connectivity index (χ4n) is 2.73. The van der Waals surface area contributed by atoms with Crippen LogP contribution in [0.3, 0.4) is 0 Å². The SMILES string of the molecule is CCOCCCNC(=O)N(Cc1ccccc1O)CC1CCCO1. The zero-order valence-electron chi connectivity index (χ0n) is 14.4. The number of carbonyl (C=O) groups excluding carboxylic acids is 1. The van der Waals surface area contributed by atoms with Crippen LogP contribution in [0.5, 0.6) is 5.75 Å². The van der Waals surface area contributed by atoms with E-state index in [0.717, 1.165) is 31.4 Å². The molecular weight excluding hydrogens is 308 g/mol. The van der Waals surface area contributed by atoms with Crippen LogP contribution in [0.15, 0.2) is 24.3 Å². The van der Waals surface area contributed by atoms with Crippen molar-refractivity contribution in [1.82, 2.24) is 10.2 Å². The van der Waals surface area contributed by atoms with E-state index in [1.807, 2.05) is 19.1 Å². The van der Waals surface area contributed by atoms with Crippen LogP contribution in [-0.2, 0) is 16.0 Å². The van der Waals surface area contributed by atoms with Crippen molar-refractivity contribution in [2.45, 2.75) is 38.8 Å². The number of phenols is 1. The molecule has 1 aliphatic rings. The van der Waals surface area contributed by atoms with Gasteiger partial charge in [0, 0.05) is 38.5 Å². The van der Waals surface area contributed by atoms with E-state index in [-0.39, 0.29) is 17.9 Å². The maximum absolute atomic E-state index is 12.5. The summed E-state index contributed by atoms with van der Waals surface area (Å²) in [6.07, 6.45) is 2.86. The lowest BCUT2D eigenvalue weighted by Gasteiger charge is -2.26. The van der Waals surface area contributed by atoms with E-state index in [4.69, 9.17) is 9.47 Å². The van der Waals surface area contributed by atoms with E-state index >= 15 is 0 Å². The van der Waals surface area contributed by atoms with E-state index < -0.39 is 0 Å². The summed E-state index contributed by atoms with van der Waals surface area (Å²) in [5.41, 5.74) is 0.736. The lowest BCUT2D eigenvalue weighted by atomic mass is 10.1. The summed E-state index contributed by atoms with van der Waals surface area (Å²) in [4.78, 5) is 14.2. The molecule has 24 heavy (non-hydrogen) atoms. The highest BCUT2D eigenvalue weighted by atomic mass is 16.5. The number of rotatable bonds is 9. The first kappa shape index (κ1) is 18.5. The topological polar surface area (TPSA) is 71.0 Å². The molecule has 0 saturated carbocycles. The first-order valence-corrected chi connectivity index (χ1v) is 8.69. The summed E-state index contributed by atoms with van der Waals surface area (Å²) in [5.74, 6) is 0.207. The van der Waals surface area contributed by atoms with Crippen molar-refractivity contribution in [3.05, 3.63) is 29.8 Å². The van der Waals surface area contributed by atoms with Gasteiger partial charge < -0.3 is 24.8 Å². The lowest BCUT2D eigenvalue weighted by Crippen LogP contribution is -2.43. The number of amides is 2. The van der Waals surface area contributed by atoms with Gasteiger partial charge in [-0.15, -0.1) is 0 Å². The largest absolute Gasteiger partial charge is 0.508 e. The van der Waals surface area contributed by atoms with Gasteiger partial charge in [-0.05, 0) is 32.3 Å². The van der Waals surface area contributed by atoms with Gasteiger partial charge in [-0.1, -0.05) is 18.2 Å². The van der Waals surface area contributed by atoms with Crippen LogP contribution >= 0.6 is 0 Å².